The van der Waals surface area contributed by atoms with Gasteiger partial charge in [0, 0.05) is 18.8 Å². The zero-order valence-electron chi connectivity index (χ0n) is 31.4. The van der Waals surface area contributed by atoms with Crippen LogP contribution in [-0.2, 0) is 36.9 Å². The third kappa shape index (κ3) is 16.3. The number of primary amides is 1. The summed E-state index contributed by atoms with van der Waals surface area (Å²) >= 11 is 0. The van der Waals surface area contributed by atoms with Gasteiger partial charge in [-0.3, -0.25) is 19.3 Å². The largest absolute Gasteiger partial charge is 0.460 e. The average Bonchev–Trinajstić information content (AvgIpc) is 3.04. The Hall–Kier alpha value is -4.65. The summed E-state index contributed by atoms with van der Waals surface area (Å²) < 4.78 is 11.0. The number of hydrogen-bond acceptors (Lipinski definition) is 8. The van der Waals surface area contributed by atoms with Gasteiger partial charge in [-0.05, 0) is 88.6 Å². The van der Waals surface area contributed by atoms with Crippen LogP contribution in [0.3, 0.4) is 0 Å². The number of unbranched alkanes of at least 4 members (excludes halogenated alkanes) is 1. The highest BCUT2D eigenvalue weighted by molar-refractivity contribution is 5.98. The third-order valence-corrected chi connectivity index (χ3v) is 8.02. The standard InChI is InChI=1S/C38H58N6O7/c1-25(2)31(43-37(49)51-38(5,6)7)34(46)42-30(16-12-13-22-40-36(39)48)33(45)41-29-19-17-27(18-20-29)21-23-44(8)32(26(3)4)35(47)50-24-28-14-10-9-11-15-28/h9-11,14-15,17-20,25-26,30-32H,12-13,16,21-24H2,1-8H3,(H,41,45)(H,42,46)(H,43,49)(H3,39,40,48)/t30-,31-,32-/m0/s1. The molecule has 13 heteroatoms. The van der Waals surface area contributed by atoms with Gasteiger partial charge in [-0.1, -0.05) is 70.2 Å². The fourth-order valence-corrected chi connectivity index (χ4v) is 5.39. The van der Waals surface area contributed by atoms with E-state index in [1.54, 1.807) is 46.8 Å². The molecule has 0 aromatic heterocycles. The molecule has 0 spiro atoms. The van der Waals surface area contributed by atoms with Gasteiger partial charge in [-0.15, -0.1) is 0 Å². The molecule has 0 aliphatic heterocycles. The molecule has 2 rings (SSSR count). The van der Waals surface area contributed by atoms with Crippen molar-refractivity contribution in [2.75, 3.05) is 25.5 Å². The number of nitrogens with two attached hydrogens (primary N) is 1. The van der Waals surface area contributed by atoms with Gasteiger partial charge in [0.05, 0.1) is 0 Å². The Morgan fingerprint density at radius 3 is 2.04 bits per heavy atom. The molecular weight excluding hydrogens is 652 g/mol. The van der Waals surface area contributed by atoms with Crippen LogP contribution in [0.2, 0.25) is 0 Å². The predicted octanol–water partition coefficient (Wildman–Crippen LogP) is 4.74. The minimum absolute atomic E-state index is 0.0487. The summed E-state index contributed by atoms with van der Waals surface area (Å²) in [4.78, 5) is 65.4. The molecule has 13 nitrogen and oxygen atoms in total. The fourth-order valence-electron chi connectivity index (χ4n) is 5.39. The average molecular weight is 711 g/mol. The third-order valence-electron chi connectivity index (χ3n) is 8.02. The Bertz CT molecular complexity index is 1410. The van der Waals surface area contributed by atoms with Gasteiger partial charge in [0.2, 0.25) is 11.8 Å². The summed E-state index contributed by atoms with van der Waals surface area (Å²) in [6.07, 6.45) is 1.26. The van der Waals surface area contributed by atoms with E-state index in [2.05, 4.69) is 21.3 Å². The van der Waals surface area contributed by atoms with Crippen LogP contribution in [0.5, 0.6) is 0 Å². The molecule has 6 N–H and O–H groups in total. The second kappa shape index (κ2) is 20.9. The van der Waals surface area contributed by atoms with Crippen LogP contribution >= 0.6 is 0 Å². The smallest absolute Gasteiger partial charge is 0.408 e. The molecule has 2 aromatic rings. The molecule has 0 aliphatic rings. The molecule has 282 valence electrons. The van der Waals surface area contributed by atoms with Crippen LogP contribution in [0.4, 0.5) is 15.3 Å². The minimum atomic E-state index is -0.940. The molecule has 0 saturated heterocycles. The van der Waals surface area contributed by atoms with E-state index in [0.29, 0.717) is 38.0 Å². The molecule has 0 saturated carbocycles. The highest BCUT2D eigenvalue weighted by Crippen LogP contribution is 2.17. The van der Waals surface area contributed by atoms with Gasteiger partial charge in [-0.2, -0.15) is 0 Å². The van der Waals surface area contributed by atoms with Crippen LogP contribution in [0.1, 0.15) is 78.9 Å². The first-order valence-corrected chi connectivity index (χ1v) is 17.6. The number of carbonyl (C=O) groups is 5. The van der Waals surface area contributed by atoms with Crippen LogP contribution < -0.4 is 27.0 Å². The van der Waals surface area contributed by atoms with Crippen molar-refractivity contribution >= 4 is 35.6 Å². The fraction of sp³-hybridized carbons (Fsp3) is 0.553. The maximum absolute atomic E-state index is 13.5. The van der Waals surface area contributed by atoms with Crippen molar-refractivity contribution in [3.8, 4) is 0 Å². The molecular formula is C38H58N6O7. The van der Waals surface area contributed by atoms with E-state index in [0.717, 1.165) is 11.1 Å². The van der Waals surface area contributed by atoms with Gasteiger partial charge in [0.25, 0.3) is 0 Å². The van der Waals surface area contributed by atoms with Gasteiger partial charge in [0.1, 0.15) is 30.3 Å². The number of amides is 5. The lowest BCUT2D eigenvalue weighted by molar-refractivity contribution is -0.152. The quantitative estimate of drug-likeness (QED) is 0.102. The first-order chi connectivity index (χ1) is 24.0. The number of anilines is 1. The lowest BCUT2D eigenvalue weighted by atomic mass is 10.0. The molecule has 0 fully saturated rings. The summed E-state index contributed by atoms with van der Waals surface area (Å²) in [7, 11) is 1.91. The lowest BCUT2D eigenvalue weighted by Gasteiger charge is -2.29. The van der Waals surface area contributed by atoms with Crippen LogP contribution in [0, 0.1) is 11.8 Å². The predicted molar refractivity (Wildman–Crippen MR) is 198 cm³/mol. The van der Waals surface area contributed by atoms with Crippen molar-refractivity contribution in [3.63, 3.8) is 0 Å². The zero-order chi connectivity index (χ0) is 38.1. The molecule has 5 amide bonds. The topological polar surface area (TPSA) is 181 Å². The number of benzene rings is 2. The lowest BCUT2D eigenvalue weighted by Crippen LogP contribution is -2.55. The Balaban J connectivity index is 2.05. The zero-order valence-corrected chi connectivity index (χ0v) is 31.4. The van der Waals surface area contributed by atoms with E-state index in [9.17, 15) is 24.0 Å². The van der Waals surface area contributed by atoms with Gasteiger partial charge in [-0.25, -0.2) is 9.59 Å². The van der Waals surface area contributed by atoms with Crippen molar-refractivity contribution in [2.45, 2.75) is 104 Å². The van der Waals surface area contributed by atoms with Crippen LogP contribution in [0.25, 0.3) is 0 Å². The summed E-state index contributed by atoms with van der Waals surface area (Å²) in [5.41, 5.74) is 6.89. The van der Waals surface area contributed by atoms with Crippen molar-refractivity contribution in [1.29, 1.82) is 0 Å². The summed E-state index contributed by atoms with van der Waals surface area (Å²) in [6.45, 7) is 13.9. The summed E-state index contributed by atoms with van der Waals surface area (Å²) in [5.74, 6) is -1.45. The number of esters is 1. The number of nitrogens with zero attached hydrogens (tertiary/aromatic N) is 1. The highest BCUT2D eigenvalue weighted by atomic mass is 16.6. The highest BCUT2D eigenvalue weighted by Gasteiger charge is 2.31. The van der Waals surface area contributed by atoms with Crippen molar-refractivity contribution in [2.24, 2.45) is 17.6 Å². The molecule has 0 aliphatic carbocycles. The van der Waals surface area contributed by atoms with E-state index in [1.807, 2.05) is 68.3 Å². The normalized spacial score (nSPS) is 13.2. The second-order valence-corrected chi connectivity index (χ2v) is 14.4. The van der Waals surface area contributed by atoms with E-state index in [1.165, 1.54) is 0 Å². The number of alkyl carbamates (subject to hydrolysis) is 1. The Labute approximate surface area is 302 Å². The maximum Gasteiger partial charge on any atom is 0.408 e. The molecule has 0 unspecified atom stereocenters. The van der Waals surface area contributed by atoms with Crippen LogP contribution in [0.15, 0.2) is 54.6 Å². The maximum atomic E-state index is 13.5. The first kappa shape index (κ1) is 42.5. The summed E-state index contributed by atoms with van der Waals surface area (Å²) in [5, 5.41) is 10.8. The SMILES string of the molecule is CC(C)[C@H](NC(=O)OC(C)(C)C)C(=O)N[C@@H](CCCCNC(N)=O)C(=O)Nc1ccc(CCN(C)[C@H](C(=O)OCc2ccccc2)C(C)C)cc1. The van der Waals surface area contributed by atoms with Crippen molar-refractivity contribution in [1.82, 2.24) is 20.9 Å². The Morgan fingerprint density at radius 1 is 0.824 bits per heavy atom. The minimum Gasteiger partial charge on any atom is -0.460 e. The Kier molecular flexibility index (Phi) is 17.4. The van der Waals surface area contributed by atoms with Gasteiger partial charge < -0.3 is 36.5 Å². The molecule has 0 heterocycles. The van der Waals surface area contributed by atoms with E-state index >= 15 is 0 Å². The molecule has 0 radical (unpaired) electrons. The van der Waals surface area contributed by atoms with Gasteiger partial charge in [0.15, 0.2) is 0 Å². The number of hydrogen-bond donors (Lipinski definition) is 5. The number of likely N-dealkylation sites (N-methyl/N-ethyl adjacent to an activating group) is 1. The van der Waals surface area contributed by atoms with Crippen LogP contribution in [-0.4, -0.2) is 78.7 Å². The van der Waals surface area contributed by atoms with E-state index in [-0.39, 0.29) is 30.8 Å². The number of carbonyl (C=O) groups excluding carboxylic acids is 5. The molecule has 51 heavy (non-hydrogen) atoms. The Morgan fingerprint density at radius 2 is 1.47 bits per heavy atom. The number of urea groups is 1. The number of ether oxygens (including phenoxy) is 2. The monoisotopic (exact) mass is 710 g/mol. The summed E-state index contributed by atoms with van der Waals surface area (Å²) in [6, 6.07) is 14.1. The van der Waals surface area contributed by atoms with Gasteiger partial charge >= 0.3 is 18.1 Å². The van der Waals surface area contributed by atoms with E-state index < -0.39 is 47.7 Å². The molecule has 2 aromatic carbocycles. The van der Waals surface area contributed by atoms with E-state index in [4.69, 9.17) is 15.2 Å². The molecule has 0 bridgehead atoms. The van der Waals surface area contributed by atoms with Crippen molar-refractivity contribution in [3.05, 3.63) is 65.7 Å². The second-order valence-electron chi connectivity index (χ2n) is 14.4. The molecule has 3 atom stereocenters. The number of nitrogens with one attached hydrogen (secondary N) is 4. The first-order valence-electron chi connectivity index (χ1n) is 17.6. The van der Waals surface area contributed by atoms with Crippen molar-refractivity contribution < 1.29 is 33.4 Å². The number of rotatable bonds is 19.